The molecular weight excluding hydrogens is 431 g/mol. The number of thiocarbonyl (C=S) groups is 1. The molecule has 0 aliphatic carbocycles. The summed E-state index contributed by atoms with van der Waals surface area (Å²) in [5, 5.41) is 11.8. The van der Waals surface area contributed by atoms with Crippen LogP contribution in [-0.4, -0.2) is 22.3 Å². The summed E-state index contributed by atoms with van der Waals surface area (Å²) >= 11 is 18.3. The van der Waals surface area contributed by atoms with Gasteiger partial charge in [0.25, 0.3) is 5.91 Å². The number of hydrogen-bond acceptors (Lipinski definition) is 6. The first kappa shape index (κ1) is 19.6. The molecule has 1 aliphatic rings. The average Bonchev–Trinajstić information content (AvgIpc) is 2.91. The van der Waals surface area contributed by atoms with Crippen molar-refractivity contribution in [1.29, 1.82) is 0 Å². The molecule has 1 heterocycles. The highest BCUT2D eigenvalue weighted by atomic mass is 35.5. The van der Waals surface area contributed by atoms with Gasteiger partial charge in [0.15, 0.2) is 10.1 Å². The van der Waals surface area contributed by atoms with Crippen molar-refractivity contribution in [3.8, 4) is 5.75 Å². The smallest absolute Gasteiger partial charge is 0.311 e. The summed E-state index contributed by atoms with van der Waals surface area (Å²) in [5.74, 6) is -0.206. The Kier molecular flexibility index (Phi) is 5.71. The zero-order valence-electron chi connectivity index (χ0n) is 13.6. The summed E-state index contributed by atoms with van der Waals surface area (Å²) in [6.45, 7) is 0. The van der Waals surface area contributed by atoms with E-state index in [9.17, 15) is 14.9 Å². The predicted octanol–water partition coefficient (Wildman–Crippen LogP) is 5.32. The molecule has 0 N–H and O–H groups in total. The van der Waals surface area contributed by atoms with Gasteiger partial charge in [0.2, 0.25) is 0 Å². The summed E-state index contributed by atoms with van der Waals surface area (Å²) in [6, 6.07) is 9.20. The number of rotatable bonds is 4. The normalized spacial score (nSPS) is 15.5. The van der Waals surface area contributed by atoms with Crippen molar-refractivity contribution in [3.63, 3.8) is 0 Å². The van der Waals surface area contributed by atoms with Gasteiger partial charge in [-0.2, -0.15) is 0 Å². The Morgan fingerprint density at radius 2 is 1.96 bits per heavy atom. The lowest BCUT2D eigenvalue weighted by atomic mass is 10.1. The van der Waals surface area contributed by atoms with E-state index >= 15 is 0 Å². The predicted molar refractivity (Wildman–Crippen MR) is 112 cm³/mol. The molecule has 2 aromatic carbocycles. The molecule has 27 heavy (non-hydrogen) atoms. The van der Waals surface area contributed by atoms with Crippen LogP contribution in [0.15, 0.2) is 41.3 Å². The summed E-state index contributed by atoms with van der Waals surface area (Å²) in [7, 11) is 1.35. The fraction of sp³-hybridized carbons (Fsp3) is 0.0588. The fourth-order valence-corrected chi connectivity index (χ4v) is 4.00. The second-order valence-electron chi connectivity index (χ2n) is 5.30. The van der Waals surface area contributed by atoms with Crippen LogP contribution in [0.5, 0.6) is 5.75 Å². The molecule has 6 nitrogen and oxygen atoms in total. The Labute approximate surface area is 173 Å². The molecule has 1 aliphatic heterocycles. The van der Waals surface area contributed by atoms with Crippen molar-refractivity contribution >= 4 is 74.9 Å². The maximum atomic E-state index is 12.8. The second kappa shape index (κ2) is 7.85. The highest BCUT2D eigenvalue weighted by Crippen LogP contribution is 2.38. The molecule has 1 saturated heterocycles. The number of carbonyl (C=O) groups excluding carboxylic acids is 1. The van der Waals surface area contributed by atoms with Crippen LogP contribution in [0.3, 0.4) is 0 Å². The molecule has 0 atom stereocenters. The molecule has 0 aromatic heterocycles. The number of carbonyl (C=O) groups is 1. The lowest BCUT2D eigenvalue weighted by Gasteiger charge is -2.15. The van der Waals surface area contributed by atoms with E-state index in [1.54, 1.807) is 30.3 Å². The van der Waals surface area contributed by atoms with Crippen LogP contribution >= 0.6 is 47.2 Å². The maximum absolute atomic E-state index is 12.8. The van der Waals surface area contributed by atoms with E-state index in [1.807, 2.05) is 0 Å². The number of ether oxygens (including phenoxy) is 1. The Balaban J connectivity index is 1.96. The number of amides is 1. The molecule has 0 spiro atoms. The van der Waals surface area contributed by atoms with Gasteiger partial charge in [0.05, 0.1) is 32.7 Å². The first-order chi connectivity index (χ1) is 12.8. The molecular formula is C17H10Cl2N2O4S2. The van der Waals surface area contributed by atoms with Gasteiger partial charge in [-0.15, -0.1) is 0 Å². The third-order valence-corrected chi connectivity index (χ3v) is 5.69. The number of nitrogens with zero attached hydrogens (tertiary/aromatic N) is 2. The van der Waals surface area contributed by atoms with Gasteiger partial charge in [0.1, 0.15) is 0 Å². The molecule has 10 heteroatoms. The Hall–Kier alpha value is -2.13. The lowest BCUT2D eigenvalue weighted by molar-refractivity contribution is -0.385. The molecule has 3 rings (SSSR count). The van der Waals surface area contributed by atoms with Crippen LogP contribution in [0.1, 0.15) is 5.56 Å². The van der Waals surface area contributed by atoms with E-state index in [0.717, 1.165) is 11.8 Å². The van der Waals surface area contributed by atoms with Gasteiger partial charge in [0, 0.05) is 6.07 Å². The van der Waals surface area contributed by atoms with Crippen molar-refractivity contribution < 1.29 is 14.5 Å². The number of nitro benzene ring substituents is 1. The standard InChI is InChI=1S/C17H10Cl2N2O4S2/c1-25-14-5-2-9(6-13(14)21(23)24)7-15-16(22)20(17(26)27-15)10-3-4-11(18)12(19)8-10/h2-8H,1H3/b15-7-. The van der Waals surface area contributed by atoms with E-state index in [2.05, 4.69) is 0 Å². The SMILES string of the molecule is COc1ccc(/C=C2\SC(=S)N(c3ccc(Cl)c(Cl)c3)C2=O)cc1[N+](=O)[O-]. The van der Waals surface area contributed by atoms with Crippen molar-refractivity contribution in [2.24, 2.45) is 0 Å². The summed E-state index contributed by atoms with van der Waals surface area (Å²) in [5.41, 5.74) is 0.791. The Morgan fingerprint density at radius 1 is 1.22 bits per heavy atom. The van der Waals surface area contributed by atoms with Gasteiger partial charge in [-0.05, 0) is 35.9 Å². The Morgan fingerprint density at radius 3 is 2.59 bits per heavy atom. The first-order valence-electron chi connectivity index (χ1n) is 7.37. The van der Waals surface area contributed by atoms with Crippen molar-refractivity contribution in [2.45, 2.75) is 0 Å². The number of halogens is 2. The minimum absolute atomic E-state index is 0.139. The van der Waals surface area contributed by atoms with Crippen LogP contribution < -0.4 is 9.64 Å². The van der Waals surface area contributed by atoms with Gasteiger partial charge >= 0.3 is 5.69 Å². The zero-order chi connectivity index (χ0) is 19.7. The number of methoxy groups -OCH3 is 1. The highest BCUT2D eigenvalue weighted by molar-refractivity contribution is 8.27. The topological polar surface area (TPSA) is 72.7 Å². The molecule has 0 saturated carbocycles. The monoisotopic (exact) mass is 440 g/mol. The van der Waals surface area contributed by atoms with Crippen LogP contribution in [0.4, 0.5) is 11.4 Å². The molecule has 0 radical (unpaired) electrons. The van der Waals surface area contributed by atoms with Gasteiger partial charge in [-0.25, -0.2) is 0 Å². The van der Waals surface area contributed by atoms with E-state index < -0.39 is 4.92 Å². The van der Waals surface area contributed by atoms with Gasteiger partial charge in [-0.1, -0.05) is 53.2 Å². The number of benzene rings is 2. The molecule has 138 valence electrons. The minimum Gasteiger partial charge on any atom is -0.490 e. The number of nitro groups is 1. The van der Waals surface area contributed by atoms with Crippen molar-refractivity contribution in [2.75, 3.05) is 12.0 Å². The van der Waals surface area contributed by atoms with Crippen LogP contribution in [0, 0.1) is 10.1 Å². The van der Waals surface area contributed by atoms with Crippen LogP contribution in [0.2, 0.25) is 10.0 Å². The molecule has 0 unspecified atom stereocenters. The van der Waals surface area contributed by atoms with Crippen molar-refractivity contribution in [3.05, 3.63) is 67.0 Å². The highest BCUT2D eigenvalue weighted by Gasteiger charge is 2.33. The third kappa shape index (κ3) is 3.93. The number of thioether (sulfide) groups is 1. The van der Waals surface area contributed by atoms with Crippen molar-refractivity contribution in [1.82, 2.24) is 0 Å². The zero-order valence-corrected chi connectivity index (χ0v) is 16.8. The number of anilines is 1. The van der Waals surface area contributed by atoms with Gasteiger partial charge in [-0.3, -0.25) is 19.8 Å². The summed E-state index contributed by atoms with van der Waals surface area (Å²) in [4.78, 5) is 25.1. The molecule has 0 bridgehead atoms. The lowest BCUT2D eigenvalue weighted by Crippen LogP contribution is -2.27. The van der Waals surface area contributed by atoms with E-state index in [0.29, 0.717) is 30.5 Å². The average molecular weight is 441 g/mol. The largest absolute Gasteiger partial charge is 0.490 e. The second-order valence-corrected chi connectivity index (χ2v) is 7.79. The number of hydrogen-bond donors (Lipinski definition) is 0. The Bertz CT molecular complexity index is 1010. The third-order valence-electron chi connectivity index (χ3n) is 3.65. The van der Waals surface area contributed by atoms with Gasteiger partial charge < -0.3 is 4.74 Å². The summed E-state index contributed by atoms with van der Waals surface area (Å²) < 4.78 is 5.31. The maximum Gasteiger partial charge on any atom is 0.311 e. The van der Waals surface area contributed by atoms with E-state index in [-0.39, 0.29) is 17.3 Å². The van der Waals surface area contributed by atoms with Crippen LogP contribution in [-0.2, 0) is 4.79 Å². The minimum atomic E-state index is -0.545. The van der Waals surface area contributed by atoms with E-state index in [4.69, 9.17) is 40.2 Å². The molecule has 2 aromatic rings. The fourth-order valence-electron chi connectivity index (χ4n) is 2.41. The quantitative estimate of drug-likeness (QED) is 0.277. The van der Waals surface area contributed by atoms with E-state index in [1.165, 1.54) is 24.1 Å². The molecule has 1 fully saturated rings. The first-order valence-corrected chi connectivity index (χ1v) is 9.35. The molecule has 1 amide bonds. The summed E-state index contributed by atoms with van der Waals surface area (Å²) in [6.07, 6.45) is 1.54. The van der Waals surface area contributed by atoms with Crippen LogP contribution in [0.25, 0.3) is 6.08 Å².